The van der Waals surface area contributed by atoms with E-state index in [1.54, 1.807) is 11.2 Å². The summed E-state index contributed by atoms with van der Waals surface area (Å²) in [6, 6.07) is 0. The molecule has 1 saturated heterocycles. The summed E-state index contributed by atoms with van der Waals surface area (Å²) in [4.78, 5) is 29.9. The highest BCUT2D eigenvalue weighted by atomic mass is 32.1. The lowest BCUT2D eigenvalue weighted by Gasteiger charge is -2.35. The lowest BCUT2D eigenvalue weighted by atomic mass is 10.1. The molecule has 2 aromatic heterocycles. The third kappa shape index (κ3) is 2.75. The summed E-state index contributed by atoms with van der Waals surface area (Å²) < 4.78 is 0. The second kappa shape index (κ2) is 6.29. The topological polar surface area (TPSA) is 52.6 Å². The summed E-state index contributed by atoms with van der Waals surface area (Å²) in [5.74, 6) is 1.27. The highest BCUT2D eigenvalue weighted by Gasteiger charge is 2.26. The molecule has 1 amide bonds. The standard InChI is InChI=1S/C17H23N5OS/c1-20(2)14(23)10-21-6-8-22(9-7-21)16-15-12-4-3-5-13(12)24-17(15)19-11-18-16/h11H,3-10H2,1-2H3. The van der Waals surface area contributed by atoms with Crippen LogP contribution in [0.15, 0.2) is 6.33 Å². The Kier molecular flexibility index (Phi) is 4.14. The number of hydrogen-bond donors (Lipinski definition) is 0. The number of fused-ring (bicyclic) bond motifs is 3. The molecular formula is C17H23N5OS. The lowest BCUT2D eigenvalue weighted by Crippen LogP contribution is -2.49. The predicted octanol–water partition coefficient (Wildman–Crippen LogP) is 1.39. The first kappa shape index (κ1) is 15.8. The molecule has 24 heavy (non-hydrogen) atoms. The average molecular weight is 345 g/mol. The number of hydrogen-bond acceptors (Lipinski definition) is 6. The fourth-order valence-electron chi connectivity index (χ4n) is 3.60. The fourth-order valence-corrected chi connectivity index (χ4v) is 4.83. The second-order valence-corrected chi connectivity index (χ2v) is 7.87. The van der Waals surface area contributed by atoms with Crippen molar-refractivity contribution in [2.75, 3.05) is 51.7 Å². The molecule has 0 atom stereocenters. The summed E-state index contributed by atoms with van der Waals surface area (Å²) in [5.41, 5.74) is 1.48. The first-order valence-electron chi connectivity index (χ1n) is 8.56. The van der Waals surface area contributed by atoms with Crippen LogP contribution in [0, 0.1) is 0 Å². The summed E-state index contributed by atoms with van der Waals surface area (Å²) in [6.45, 7) is 4.14. The van der Waals surface area contributed by atoms with E-state index in [9.17, 15) is 4.79 Å². The van der Waals surface area contributed by atoms with E-state index in [0.29, 0.717) is 6.54 Å². The van der Waals surface area contributed by atoms with Gasteiger partial charge in [0.25, 0.3) is 0 Å². The van der Waals surface area contributed by atoms with Crippen molar-refractivity contribution >= 4 is 33.3 Å². The van der Waals surface area contributed by atoms with Gasteiger partial charge in [-0.25, -0.2) is 9.97 Å². The first-order chi connectivity index (χ1) is 11.6. The van der Waals surface area contributed by atoms with Crippen molar-refractivity contribution in [2.45, 2.75) is 19.3 Å². The van der Waals surface area contributed by atoms with Gasteiger partial charge in [-0.3, -0.25) is 9.69 Å². The van der Waals surface area contributed by atoms with E-state index in [1.807, 2.05) is 25.4 Å². The van der Waals surface area contributed by atoms with Gasteiger partial charge in [0.2, 0.25) is 5.91 Å². The number of carbonyl (C=O) groups excluding carboxylic acids is 1. The van der Waals surface area contributed by atoms with Crippen molar-refractivity contribution in [3.05, 3.63) is 16.8 Å². The Morgan fingerprint density at radius 3 is 2.75 bits per heavy atom. The number of aryl methyl sites for hydroxylation is 2. The molecule has 0 aromatic carbocycles. The molecule has 0 N–H and O–H groups in total. The van der Waals surface area contributed by atoms with Gasteiger partial charge in [-0.2, -0.15) is 0 Å². The number of piperazine rings is 1. The smallest absolute Gasteiger partial charge is 0.236 e. The summed E-state index contributed by atoms with van der Waals surface area (Å²) >= 11 is 1.84. The number of nitrogens with zero attached hydrogens (tertiary/aromatic N) is 5. The van der Waals surface area contributed by atoms with Crippen LogP contribution in [0.5, 0.6) is 0 Å². The number of amides is 1. The van der Waals surface area contributed by atoms with Gasteiger partial charge in [0.1, 0.15) is 17.0 Å². The maximum atomic E-state index is 11.9. The van der Waals surface area contributed by atoms with Crippen LogP contribution in [0.4, 0.5) is 5.82 Å². The second-order valence-electron chi connectivity index (χ2n) is 6.79. The number of thiophene rings is 1. The number of anilines is 1. The minimum atomic E-state index is 0.170. The van der Waals surface area contributed by atoms with Crippen molar-refractivity contribution in [1.29, 1.82) is 0 Å². The third-order valence-electron chi connectivity index (χ3n) is 5.01. The first-order valence-corrected chi connectivity index (χ1v) is 9.38. The largest absolute Gasteiger partial charge is 0.353 e. The van der Waals surface area contributed by atoms with Crippen LogP contribution >= 0.6 is 11.3 Å². The van der Waals surface area contributed by atoms with Crippen molar-refractivity contribution in [3.63, 3.8) is 0 Å². The van der Waals surface area contributed by atoms with Gasteiger partial charge in [0, 0.05) is 45.2 Å². The van der Waals surface area contributed by atoms with E-state index in [-0.39, 0.29) is 5.91 Å². The van der Waals surface area contributed by atoms with Crippen molar-refractivity contribution in [2.24, 2.45) is 0 Å². The highest BCUT2D eigenvalue weighted by molar-refractivity contribution is 7.19. The van der Waals surface area contributed by atoms with Crippen LogP contribution in [0.25, 0.3) is 10.2 Å². The van der Waals surface area contributed by atoms with E-state index < -0.39 is 0 Å². The van der Waals surface area contributed by atoms with E-state index in [1.165, 1.54) is 28.7 Å². The van der Waals surface area contributed by atoms with Crippen LogP contribution in [0.2, 0.25) is 0 Å². The SMILES string of the molecule is CN(C)C(=O)CN1CCN(c2ncnc3sc4c(c23)CCC4)CC1. The van der Waals surface area contributed by atoms with Gasteiger partial charge < -0.3 is 9.80 Å². The Morgan fingerprint density at radius 1 is 1.21 bits per heavy atom. The Morgan fingerprint density at radius 2 is 2.00 bits per heavy atom. The molecule has 0 saturated carbocycles. The van der Waals surface area contributed by atoms with Gasteiger partial charge in [-0.05, 0) is 24.8 Å². The zero-order chi connectivity index (χ0) is 16.7. The average Bonchev–Trinajstić information content (AvgIpc) is 3.15. The van der Waals surface area contributed by atoms with Gasteiger partial charge >= 0.3 is 0 Å². The monoisotopic (exact) mass is 345 g/mol. The van der Waals surface area contributed by atoms with Crippen molar-refractivity contribution in [3.8, 4) is 0 Å². The maximum Gasteiger partial charge on any atom is 0.236 e. The molecule has 2 aliphatic rings. The fraction of sp³-hybridized carbons (Fsp3) is 0.588. The number of likely N-dealkylation sites (N-methyl/N-ethyl adjacent to an activating group) is 1. The molecule has 0 spiro atoms. The zero-order valence-electron chi connectivity index (χ0n) is 14.3. The minimum Gasteiger partial charge on any atom is -0.353 e. The highest BCUT2D eigenvalue weighted by Crippen LogP contribution is 2.40. The van der Waals surface area contributed by atoms with E-state index in [0.717, 1.165) is 43.2 Å². The molecule has 1 aliphatic heterocycles. The third-order valence-corrected chi connectivity index (χ3v) is 6.21. The Bertz CT molecular complexity index is 764. The molecule has 0 unspecified atom stereocenters. The molecule has 2 aromatic rings. The number of carbonyl (C=O) groups is 1. The van der Waals surface area contributed by atoms with E-state index in [4.69, 9.17) is 0 Å². The van der Waals surface area contributed by atoms with Gasteiger partial charge in [0.05, 0.1) is 11.9 Å². The van der Waals surface area contributed by atoms with Crippen molar-refractivity contribution in [1.82, 2.24) is 19.8 Å². The molecule has 1 fully saturated rings. The zero-order valence-corrected chi connectivity index (χ0v) is 15.1. The summed E-state index contributed by atoms with van der Waals surface area (Å²) in [6.07, 6.45) is 5.31. The van der Waals surface area contributed by atoms with E-state index >= 15 is 0 Å². The molecule has 128 valence electrons. The Hall–Kier alpha value is -1.73. The predicted molar refractivity (Wildman–Crippen MR) is 96.8 cm³/mol. The Balaban J connectivity index is 1.52. The van der Waals surface area contributed by atoms with Crippen LogP contribution in [-0.4, -0.2) is 72.5 Å². The normalized spacial score (nSPS) is 18.2. The molecule has 7 heteroatoms. The molecular weight excluding hydrogens is 322 g/mol. The molecule has 3 heterocycles. The number of rotatable bonds is 3. The lowest BCUT2D eigenvalue weighted by molar-refractivity contribution is -0.129. The summed E-state index contributed by atoms with van der Waals surface area (Å²) in [5, 5.41) is 1.29. The van der Waals surface area contributed by atoms with Gasteiger partial charge in [0.15, 0.2) is 0 Å². The number of aromatic nitrogens is 2. The van der Waals surface area contributed by atoms with Crippen LogP contribution < -0.4 is 4.90 Å². The Labute approximate surface area is 146 Å². The molecule has 6 nitrogen and oxygen atoms in total. The van der Waals surface area contributed by atoms with Crippen molar-refractivity contribution < 1.29 is 4.79 Å². The van der Waals surface area contributed by atoms with Gasteiger partial charge in [-0.15, -0.1) is 11.3 Å². The molecule has 0 bridgehead atoms. The summed E-state index contributed by atoms with van der Waals surface area (Å²) in [7, 11) is 3.63. The van der Waals surface area contributed by atoms with Gasteiger partial charge in [-0.1, -0.05) is 0 Å². The molecule has 4 rings (SSSR count). The van der Waals surface area contributed by atoms with Crippen LogP contribution in [-0.2, 0) is 17.6 Å². The maximum absolute atomic E-state index is 11.9. The minimum absolute atomic E-state index is 0.170. The van der Waals surface area contributed by atoms with Crippen LogP contribution in [0.3, 0.4) is 0 Å². The van der Waals surface area contributed by atoms with Crippen LogP contribution in [0.1, 0.15) is 16.9 Å². The molecule has 1 aliphatic carbocycles. The van der Waals surface area contributed by atoms with E-state index in [2.05, 4.69) is 19.8 Å². The molecule has 0 radical (unpaired) electrons. The quantitative estimate of drug-likeness (QED) is 0.841.